The van der Waals surface area contributed by atoms with Gasteiger partial charge in [0.05, 0.1) is 0 Å². The van der Waals surface area contributed by atoms with Crippen molar-refractivity contribution in [2.75, 3.05) is 5.32 Å². The van der Waals surface area contributed by atoms with Gasteiger partial charge in [0.25, 0.3) is 5.91 Å². The van der Waals surface area contributed by atoms with Crippen LogP contribution in [-0.2, 0) is 0 Å². The molecule has 0 spiro atoms. The van der Waals surface area contributed by atoms with E-state index in [0.29, 0.717) is 22.2 Å². The van der Waals surface area contributed by atoms with Gasteiger partial charge in [-0.15, -0.1) is 0 Å². The number of oxazole rings is 1. The molecule has 0 unspecified atom stereocenters. The van der Waals surface area contributed by atoms with Crippen LogP contribution in [0.5, 0.6) is 0 Å². The quantitative estimate of drug-likeness (QED) is 0.539. The predicted molar refractivity (Wildman–Crippen MR) is 98.9 cm³/mol. The first-order valence-electron chi connectivity index (χ1n) is 7.72. The highest BCUT2D eigenvalue weighted by atomic mass is 35.5. The normalized spacial score (nSPS) is 10.8. The van der Waals surface area contributed by atoms with Crippen molar-refractivity contribution in [3.63, 3.8) is 0 Å². The lowest BCUT2D eigenvalue weighted by atomic mass is 10.2. The van der Waals surface area contributed by atoms with E-state index in [4.69, 9.17) is 16.0 Å². The Balaban J connectivity index is 1.54. The molecular weight excluding hydrogens is 336 g/mol. The number of para-hydroxylation sites is 2. The highest BCUT2D eigenvalue weighted by molar-refractivity contribution is 6.31. The first kappa shape index (κ1) is 15.4. The third-order valence-electron chi connectivity index (χ3n) is 3.77. The summed E-state index contributed by atoms with van der Waals surface area (Å²) >= 11 is 5.92. The summed E-state index contributed by atoms with van der Waals surface area (Å²) in [4.78, 5) is 16.7. The molecular formula is C20H13ClN2O2. The Bertz CT molecular complexity index is 1020. The van der Waals surface area contributed by atoms with Crippen LogP contribution in [0.4, 0.5) is 5.69 Å². The standard InChI is InChI=1S/C20H13ClN2O2/c21-15-5-3-4-14(12-15)19(24)22-16-10-8-13(9-11-16)20-23-17-6-1-2-7-18(17)25-20/h1-12H,(H,22,24). The molecule has 122 valence electrons. The van der Waals surface area contributed by atoms with Gasteiger partial charge < -0.3 is 9.73 Å². The molecule has 0 radical (unpaired) electrons. The number of hydrogen-bond acceptors (Lipinski definition) is 3. The second-order valence-electron chi connectivity index (χ2n) is 5.53. The highest BCUT2D eigenvalue weighted by Gasteiger charge is 2.09. The average molecular weight is 349 g/mol. The molecule has 0 aliphatic carbocycles. The van der Waals surface area contributed by atoms with Gasteiger partial charge in [0.1, 0.15) is 5.52 Å². The van der Waals surface area contributed by atoms with Gasteiger partial charge in [-0.05, 0) is 54.6 Å². The van der Waals surface area contributed by atoms with E-state index in [2.05, 4.69) is 10.3 Å². The van der Waals surface area contributed by atoms with Crippen LogP contribution in [0.3, 0.4) is 0 Å². The minimum Gasteiger partial charge on any atom is -0.436 e. The number of nitrogens with zero attached hydrogens (tertiary/aromatic N) is 1. The Morgan fingerprint density at radius 2 is 1.76 bits per heavy atom. The molecule has 0 fully saturated rings. The summed E-state index contributed by atoms with van der Waals surface area (Å²) in [6.45, 7) is 0. The Morgan fingerprint density at radius 1 is 0.960 bits per heavy atom. The lowest BCUT2D eigenvalue weighted by Gasteiger charge is -2.06. The van der Waals surface area contributed by atoms with E-state index in [0.717, 1.165) is 16.7 Å². The monoisotopic (exact) mass is 348 g/mol. The van der Waals surface area contributed by atoms with Gasteiger partial charge in [0.2, 0.25) is 5.89 Å². The van der Waals surface area contributed by atoms with Crippen molar-refractivity contribution in [2.24, 2.45) is 0 Å². The zero-order valence-electron chi connectivity index (χ0n) is 13.1. The van der Waals surface area contributed by atoms with Gasteiger partial charge in [-0.1, -0.05) is 29.8 Å². The Labute approximate surface area is 149 Å². The van der Waals surface area contributed by atoms with Gasteiger partial charge >= 0.3 is 0 Å². The third-order valence-corrected chi connectivity index (χ3v) is 4.01. The fraction of sp³-hybridized carbons (Fsp3) is 0. The smallest absolute Gasteiger partial charge is 0.255 e. The Hall–Kier alpha value is -3.11. The van der Waals surface area contributed by atoms with Gasteiger partial charge in [-0.2, -0.15) is 0 Å². The number of amides is 1. The molecule has 0 bridgehead atoms. The summed E-state index contributed by atoms with van der Waals surface area (Å²) in [5.74, 6) is 0.339. The lowest BCUT2D eigenvalue weighted by Crippen LogP contribution is -2.11. The SMILES string of the molecule is O=C(Nc1ccc(-c2nc3ccccc3o2)cc1)c1cccc(Cl)c1. The van der Waals surface area contributed by atoms with Crippen molar-refractivity contribution < 1.29 is 9.21 Å². The zero-order valence-corrected chi connectivity index (χ0v) is 13.8. The van der Waals surface area contributed by atoms with Crippen LogP contribution >= 0.6 is 11.6 Å². The van der Waals surface area contributed by atoms with Gasteiger partial charge in [-0.3, -0.25) is 4.79 Å². The summed E-state index contributed by atoms with van der Waals surface area (Å²) < 4.78 is 5.74. The summed E-state index contributed by atoms with van der Waals surface area (Å²) in [5, 5.41) is 3.37. The largest absolute Gasteiger partial charge is 0.436 e. The van der Waals surface area contributed by atoms with Crippen LogP contribution in [0, 0.1) is 0 Å². The molecule has 0 aliphatic heterocycles. The molecule has 1 N–H and O–H groups in total. The number of rotatable bonds is 3. The van der Waals surface area contributed by atoms with Crippen molar-refractivity contribution in [1.29, 1.82) is 0 Å². The fourth-order valence-corrected chi connectivity index (χ4v) is 2.72. The van der Waals surface area contributed by atoms with Crippen LogP contribution < -0.4 is 5.32 Å². The summed E-state index contributed by atoms with van der Waals surface area (Å²) in [6, 6.07) is 21.8. The zero-order chi connectivity index (χ0) is 17.2. The molecule has 5 heteroatoms. The van der Waals surface area contributed by atoms with E-state index in [1.54, 1.807) is 24.3 Å². The molecule has 25 heavy (non-hydrogen) atoms. The van der Waals surface area contributed by atoms with E-state index in [-0.39, 0.29) is 5.91 Å². The molecule has 1 amide bonds. The number of nitrogens with one attached hydrogen (secondary N) is 1. The van der Waals surface area contributed by atoms with E-state index < -0.39 is 0 Å². The van der Waals surface area contributed by atoms with E-state index >= 15 is 0 Å². The Morgan fingerprint density at radius 3 is 2.52 bits per heavy atom. The highest BCUT2D eigenvalue weighted by Crippen LogP contribution is 2.25. The Kier molecular flexibility index (Phi) is 3.96. The van der Waals surface area contributed by atoms with Crippen molar-refractivity contribution in [3.05, 3.63) is 83.4 Å². The number of carbonyl (C=O) groups excluding carboxylic acids is 1. The van der Waals surface area contributed by atoms with Crippen molar-refractivity contribution in [3.8, 4) is 11.5 Å². The average Bonchev–Trinajstić information content (AvgIpc) is 3.06. The fourth-order valence-electron chi connectivity index (χ4n) is 2.52. The number of carbonyl (C=O) groups is 1. The van der Waals surface area contributed by atoms with Crippen LogP contribution in [0.2, 0.25) is 5.02 Å². The van der Waals surface area contributed by atoms with Crippen LogP contribution in [-0.4, -0.2) is 10.9 Å². The molecule has 1 heterocycles. The second kappa shape index (κ2) is 6.42. The first-order chi connectivity index (χ1) is 12.2. The van der Waals surface area contributed by atoms with Crippen molar-refractivity contribution >= 4 is 34.3 Å². The van der Waals surface area contributed by atoms with Gasteiger partial charge in [-0.25, -0.2) is 4.98 Å². The van der Waals surface area contributed by atoms with Crippen LogP contribution in [0.15, 0.2) is 77.2 Å². The van der Waals surface area contributed by atoms with E-state index in [1.807, 2.05) is 48.5 Å². The predicted octanol–water partition coefficient (Wildman–Crippen LogP) is 5.40. The number of aromatic nitrogens is 1. The summed E-state index contributed by atoms with van der Waals surface area (Å²) in [5.41, 5.74) is 3.60. The van der Waals surface area contributed by atoms with Gasteiger partial charge in [0.15, 0.2) is 5.58 Å². The maximum atomic E-state index is 12.2. The molecule has 0 aliphatic rings. The lowest BCUT2D eigenvalue weighted by molar-refractivity contribution is 0.102. The maximum absolute atomic E-state index is 12.2. The third kappa shape index (κ3) is 3.25. The van der Waals surface area contributed by atoms with Gasteiger partial charge in [0, 0.05) is 21.8 Å². The van der Waals surface area contributed by atoms with Crippen molar-refractivity contribution in [1.82, 2.24) is 4.98 Å². The molecule has 3 aromatic carbocycles. The molecule has 4 rings (SSSR count). The molecule has 1 aromatic heterocycles. The van der Waals surface area contributed by atoms with Crippen molar-refractivity contribution in [2.45, 2.75) is 0 Å². The second-order valence-corrected chi connectivity index (χ2v) is 5.97. The van der Waals surface area contributed by atoms with Crippen LogP contribution in [0.25, 0.3) is 22.6 Å². The number of fused-ring (bicyclic) bond motifs is 1. The van der Waals surface area contributed by atoms with E-state index in [9.17, 15) is 4.79 Å². The van der Waals surface area contributed by atoms with Crippen LogP contribution in [0.1, 0.15) is 10.4 Å². The minimum absolute atomic E-state index is 0.211. The number of benzene rings is 3. The maximum Gasteiger partial charge on any atom is 0.255 e. The number of anilines is 1. The van der Waals surface area contributed by atoms with E-state index in [1.165, 1.54) is 0 Å². The summed E-state index contributed by atoms with van der Waals surface area (Å²) in [6.07, 6.45) is 0. The number of hydrogen-bond donors (Lipinski definition) is 1. The first-order valence-corrected chi connectivity index (χ1v) is 8.10. The summed E-state index contributed by atoms with van der Waals surface area (Å²) in [7, 11) is 0. The molecule has 0 saturated heterocycles. The topological polar surface area (TPSA) is 55.1 Å². The number of halogens is 1. The molecule has 0 atom stereocenters. The molecule has 4 aromatic rings. The minimum atomic E-state index is -0.211. The molecule has 4 nitrogen and oxygen atoms in total. The molecule has 0 saturated carbocycles.